The van der Waals surface area contributed by atoms with E-state index in [9.17, 15) is 9.59 Å². The first-order chi connectivity index (χ1) is 12.3. The predicted molar refractivity (Wildman–Crippen MR) is 101 cm³/mol. The van der Waals surface area contributed by atoms with Crippen molar-refractivity contribution >= 4 is 11.8 Å². The SMILES string of the molecule is CC(=O)OC1CC[C@@]2(C)C(=CCC3[C@@H]4CC[C@H](C(C)=O)[C@@]4(C)CC[C@@H]32)C1. The maximum absolute atomic E-state index is 12.2. The number of Topliss-reactive ketones (excluding diaryl/α,β-unsaturated/α-hetero) is 1. The molecule has 3 fully saturated rings. The number of ketones is 1. The van der Waals surface area contributed by atoms with Gasteiger partial charge in [0, 0.05) is 19.3 Å². The Morgan fingerprint density at radius 1 is 1.04 bits per heavy atom. The zero-order chi connectivity index (χ0) is 18.7. The number of allylic oxidation sites excluding steroid dienone is 1. The van der Waals surface area contributed by atoms with E-state index in [1.165, 1.54) is 26.2 Å². The van der Waals surface area contributed by atoms with Crippen LogP contribution in [0.1, 0.15) is 79.1 Å². The van der Waals surface area contributed by atoms with Crippen molar-refractivity contribution in [1.29, 1.82) is 0 Å². The van der Waals surface area contributed by atoms with E-state index in [2.05, 4.69) is 19.9 Å². The molecule has 3 heteroatoms. The van der Waals surface area contributed by atoms with E-state index in [1.54, 1.807) is 12.5 Å². The predicted octanol–water partition coefficient (Wildman–Crippen LogP) is 5.09. The lowest BCUT2D eigenvalue weighted by Gasteiger charge is -2.58. The van der Waals surface area contributed by atoms with Crippen LogP contribution in [-0.2, 0) is 14.3 Å². The smallest absolute Gasteiger partial charge is 0.302 e. The van der Waals surface area contributed by atoms with Crippen molar-refractivity contribution in [2.75, 3.05) is 0 Å². The fourth-order valence-electron chi connectivity index (χ4n) is 7.63. The van der Waals surface area contributed by atoms with Crippen molar-refractivity contribution < 1.29 is 14.3 Å². The first-order valence-electron chi connectivity index (χ1n) is 10.6. The largest absolute Gasteiger partial charge is 0.462 e. The lowest BCUT2D eigenvalue weighted by Crippen LogP contribution is -2.51. The van der Waals surface area contributed by atoms with Gasteiger partial charge in [-0.1, -0.05) is 25.5 Å². The Kier molecular flexibility index (Phi) is 4.36. The highest BCUT2D eigenvalue weighted by Gasteiger charge is 2.59. The Hall–Kier alpha value is -1.12. The van der Waals surface area contributed by atoms with Crippen LogP contribution in [0.15, 0.2) is 11.6 Å². The van der Waals surface area contributed by atoms with Gasteiger partial charge in [0.2, 0.25) is 0 Å². The van der Waals surface area contributed by atoms with Crippen LogP contribution in [0.4, 0.5) is 0 Å². The lowest BCUT2D eigenvalue weighted by atomic mass is 9.47. The van der Waals surface area contributed by atoms with Crippen molar-refractivity contribution in [2.24, 2.45) is 34.5 Å². The minimum Gasteiger partial charge on any atom is -0.462 e. The van der Waals surface area contributed by atoms with Crippen LogP contribution in [0, 0.1) is 34.5 Å². The zero-order valence-corrected chi connectivity index (χ0v) is 16.8. The number of fused-ring (bicyclic) bond motifs is 5. The van der Waals surface area contributed by atoms with Crippen LogP contribution in [-0.4, -0.2) is 17.9 Å². The first-order valence-corrected chi connectivity index (χ1v) is 10.6. The summed E-state index contributed by atoms with van der Waals surface area (Å²) >= 11 is 0. The number of carbonyl (C=O) groups excluding carboxylic acids is 2. The van der Waals surface area contributed by atoms with E-state index in [-0.39, 0.29) is 28.8 Å². The third-order valence-corrected chi connectivity index (χ3v) is 8.88. The molecule has 0 bridgehead atoms. The molecule has 0 N–H and O–H groups in total. The molecule has 0 aromatic rings. The highest BCUT2D eigenvalue weighted by atomic mass is 16.5. The van der Waals surface area contributed by atoms with Gasteiger partial charge < -0.3 is 4.74 Å². The van der Waals surface area contributed by atoms with Gasteiger partial charge in [0.25, 0.3) is 0 Å². The molecule has 3 saturated carbocycles. The van der Waals surface area contributed by atoms with Gasteiger partial charge in [0.1, 0.15) is 11.9 Å². The van der Waals surface area contributed by atoms with Crippen LogP contribution < -0.4 is 0 Å². The molecule has 144 valence electrons. The standard InChI is InChI=1S/C23H34O3/c1-14(24)19-7-8-20-18-6-5-16-13-17(26-15(2)25)9-11-22(16,3)21(18)10-12-23(19,20)4/h5,17-21H,6-13H2,1-4H3/t17?,18?,19-,20+,21+,22+,23-/m1/s1. The van der Waals surface area contributed by atoms with Gasteiger partial charge in [-0.3, -0.25) is 9.59 Å². The molecule has 0 aliphatic heterocycles. The van der Waals surface area contributed by atoms with Gasteiger partial charge in [-0.2, -0.15) is 0 Å². The van der Waals surface area contributed by atoms with Crippen molar-refractivity contribution in [3.8, 4) is 0 Å². The lowest BCUT2D eigenvalue weighted by molar-refractivity contribution is -0.149. The molecule has 4 aliphatic rings. The number of carbonyl (C=O) groups is 2. The Bertz CT molecular complexity index is 650. The summed E-state index contributed by atoms with van der Waals surface area (Å²) < 4.78 is 5.53. The van der Waals surface area contributed by atoms with Gasteiger partial charge in [-0.25, -0.2) is 0 Å². The molecule has 3 nitrogen and oxygen atoms in total. The van der Waals surface area contributed by atoms with Crippen molar-refractivity contribution in [1.82, 2.24) is 0 Å². The summed E-state index contributed by atoms with van der Waals surface area (Å²) in [6.45, 7) is 8.21. The molecule has 26 heavy (non-hydrogen) atoms. The summed E-state index contributed by atoms with van der Waals surface area (Å²) in [6, 6.07) is 0. The van der Waals surface area contributed by atoms with Crippen LogP contribution >= 0.6 is 0 Å². The van der Waals surface area contributed by atoms with Crippen LogP contribution in [0.5, 0.6) is 0 Å². The van der Waals surface area contributed by atoms with Gasteiger partial charge in [-0.05, 0) is 80.5 Å². The van der Waals surface area contributed by atoms with E-state index in [4.69, 9.17) is 4.74 Å². The molecule has 4 rings (SSSR count). The minimum absolute atomic E-state index is 0.0748. The van der Waals surface area contributed by atoms with E-state index >= 15 is 0 Å². The number of ether oxygens (including phenoxy) is 1. The number of hydrogen-bond acceptors (Lipinski definition) is 3. The summed E-state index contributed by atoms with van der Waals surface area (Å²) in [6.07, 6.45) is 11.6. The third kappa shape index (κ3) is 2.60. The van der Waals surface area contributed by atoms with Crippen molar-refractivity contribution in [3.05, 3.63) is 11.6 Å². The second-order valence-corrected chi connectivity index (χ2v) is 10.0. The quantitative estimate of drug-likeness (QED) is 0.510. The topological polar surface area (TPSA) is 43.4 Å². The van der Waals surface area contributed by atoms with E-state index in [0.717, 1.165) is 43.9 Å². The number of hydrogen-bond donors (Lipinski definition) is 0. The molecule has 0 aromatic heterocycles. The van der Waals surface area contributed by atoms with E-state index < -0.39 is 0 Å². The normalized spacial score (nSPS) is 47.2. The van der Waals surface area contributed by atoms with Crippen LogP contribution in [0.3, 0.4) is 0 Å². The molecular formula is C23H34O3. The molecule has 2 unspecified atom stereocenters. The molecule has 0 aromatic carbocycles. The van der Waals surface area contributed by atoms with Crippen LogP contribution in [0.2, 0.25) is 0 Å². The molecule has 7 atom stereocenters. The summed E-state index contributed by atoms with van der Waals surface area (Å²) in [5.74, 6) is 2.72. The van der Waals surface area contributed by atoms with Crippen molar-refractivity contribution in [2.45, 2.75) is 85.2 Å². The van der Waals surface area contributed by atoms with Gasteiger partial charge in [0.15, 0.2) is 0 Å². The molecule has 0 radical (unpaired) electrons. The Morgan fingerprint density at radius 2 is 1.81 bits per heavy atom. The molecule has 0 heterocycles. The molecule has 0 amide bonds. The molecule has 0 saturated heterocycles. The highest BCUT2D eigenvalue weighted by Crippen LogP contribution is 2.66. The average molecular weight is 359 g/mol. The number of esters is 1. The Balaban J connectivity index is 1.59. The minimum atomic E-state index is -0.150. The third-order valence-electron chi connectivity index (χ3n) is 8.88. The fourth-order valence-corrected chi connectivity index (χ4v) is 7.63. The summed E-state index contributed by atoms with van der Waals surface area (Å²) in [4.78, 5) is 23.6. The highest BCUT2D eigenvalue weighted by molar-refractivity contribution is 5.79. The van der Waals surface area contributed by atoms with Gasteiger partial charge in [-0.15, -0.1) is 0 Å². The molecular weight excluding hydrogens is 324 g/mol. The Labute approximate surface area is 157 Å². The second kappa shape index (κ2) is 6.21. The fraction of sp³-hybridized carbons (Fsp3) is 0.826. The van der Waals surface area contributed by atoms with E-state index in [0.29, 0.717) is 11.7 Å². The number of rotatable bonds is 2. The monoisotopic (exact) mass is 358 g/mol. The maximum atomic E-state index is 12.2. The zero-order valence-electron chi connectivity index (χ0n) is 16.8. The van der Waals surface area contributed by atoms with E-state index in [1.807, 2.05) is 0 Å². The molecule has 0 spiro atoms. The second-order valence-electron chi connectivity index (χ2n) is 10.0. The maximum Gasteiger partial charge on any atom is 0.302 e. The average Bonchev–Trinajstić information content (AvgIpc) is 2.92. The summed E-state index contributed by atoms with van der Waals surface area (Å²) in [5, 5.41) is 0. The van der Waals surface area contributed by atoms with Crippen molar-refractivity contribution in [3.63, 3.8) is 0 Å². The summed E-state index contributed by atoms with van der Waals surface area (Å²) in [7, 11) is 0. The molecule has 4 aliphatic carbocycles. The van der Waals surface area contributed by atoms with Gasteiger partial charge >= 0.3 is 5.97 Å². The van der Waals surface area contributed by atoms with Gasteiger partial charge in [0.05, 0.1) is 0 Å². The van der Waals surface area contributed by atoms with Crippen LogP contribution in [0.25, 0.3) is 0 Å². The first kappa shape index (κ1) is 18.3. The Morgan fingerprint density at radius 3 is 2.50 bits per heavy atom. The summed E-state index contributed by atoms with van der Waals surface area (Å²) in [5.41, 5.74) is 2.04.